The van der Waals surface area contributed by atoms with E-state index in [0.29, 0.717) is 6.42 Å². The highest BCUT2D eigenvalue weighted by Gasteiger charge is 2.29. The van der Waals surface area contributed by atoms with Crippen LogP contribution in [0.25, 0.3) is 0 Å². The molecule has 0 aromatic carbocycles. The number of rotatable bonds is 8. The summed E-state index contributed by atoms with van der Waals surface area (Å²) in [6.07, 6.45) is -4.18. The molecule has 0 saturated heterocycles. The smallest absolute Gasteiger partial charge is 0.380 e. The second-order valence-corrected chi connectivity index (χ2v) is 4.62. The van der Waals surface area contributed by atoms with Crippen LogP contribution in [0.5, 0.6) is 0 Å². The van der Waals surface area contributed by atoms with Crippen molar-refractivity contribution >= 4 is 0 Å². The van der Waals surface area contributed by atoms with Gasteiger partial charge in [-0.05, 0) is 25.3 Å². The van der Waals surface area contributed by atoms with Crippen LogP contribution >= 0.6 is 0 Å². The number of likely N-dealkylation sites (N-methyl/N-ethyl adjacent to an activating group) is 1. The molecule has 0 spiro atoms. The summed E-state index contributed by atoms with van der Waals surface area (Å²) < 4.78 is 41.6. The lowest BCUT2D eigenvalue weighted by molar-refractivity contribution is -0.136. The summed E-state index contributed by atoms with van der Waals surface area (Å²) in [6.45, 7) is 6.72. The molecule has 2 atom stereocenters. The van der Waals surface area contributed by atoms with E-state index in [2.05, 4.69) is 5.32 Å². The molecule has 0 radical (unpaired) electrons. The molecule has 0 aliphatic carbocycles. The first-order valence-corrected chi connectivity index (χ1v) is 6.14. The van der Waals surface area contributed by atoms with Gasteiger partial charge >= 0.3 is 6.18 Å². The number of methoxy groups -OCH3 is 1. The Hall–Kier alpha value is -0.290. The molecular weight excluding hydrogens is 231 g/mol. The second-order valence-electron chi connectivity index (χ2n) is 4.62. The van der Waals surface area contributed by atoms with Gasteiger partial charge in [0.15, 0.2) is 0 Å². The Kier molecular flexibility index (Phi) is 7.79. The van der Waals surface area contributed by atoms with E-state index in [-0.39, 0.29) is 24.5 Å². The topological polar surface area (TPSA) is 21.3 Å². The summed E-state index contributed by atoms with van der Waals surface area (Å²) in [7, 11) is 1.61. The average Bonchev–Trinajstić information content (AvgIpc) is 2.16. The number of hydrogen-bond donors (Lipinski definition) is 1. The summed E-state index contributed by atoms with van der Waals surface area (Å²) >= 11 is 0. The maximum absolute atomic E-state index is 12.1. The third kappa shape index (κ3) is 7.60. The third-order valence-electron chi connectivity index (χ3n) is 2.77. The summed E-state index contributed by atoms with van der Waals surface area (Å²) in [4.78, 5) is 0. The summed E-state index contributed by atoms with van der Waals surface area (Å²) in [5, 5.41) is 3.21. The Labute approximate surface area is 102 Å². The second kappa shape index (κ2) is 7.93. The fourth-order valence-corrected chi connectivity index (χ4v) is 2.07. The standard InChI is InChI=1S/C12H24F3NO/c1-5-16-10(11(17-4)9(2)3)7-6-8-12(13,14)15/h9-11,16H,5-8H2,1-4H3. The molecule has 0 fully saturated rings. The molecule has 2 nitrogen and oxygen atoms in total. The Balaban J connectivity index is 4.22. The van der Waals surface area contributed by atoms with E-state index in [1.54, 1.807) is 7.11 Å². The van der Waals surface area contributed by atoms with Crippen molar-refractivity contribution in [2.24, 2.45) is 5.92 Å². The van der Waals surface area contributed by atoms with Crippen molar-refractivity contribution in [2.75, 3.05) is 13.7 Å². The highest BCUT2D eigenvalue weighted by molar-refractivity contribution is 4.79. The molecule has 2 unspecified atom stereocenters. The predicted molar refractivity (Wildman–Crippen MR) is 63.0 cm³/mol. The molecule has 5 heteroatoms. The Bertz CT molecular complexity index is 195. The van der Waals surface area contributed by atoms with Gasteiger partial charge in [-0.2, -0.15) is 13.2 Å². The average molecular weight is 255 g/mol. The first-order chi connectivity index (χ1) is 7.81. The maximum atomic E-state index is 12.1. The number of halogens is 3. The highest BCUT2D eigenvalue weighted by Crippen LogP contribution is 2.24. The monoisotopic (exact) mass is 255 g/mol. The Morgan fingerprint density at radius 2 is 1.82 bits per heavy atom. The lowest BCUT2D eigenvalue weighted by atomic mass is 9.95. The zero-order valence-electron chi connectivity index (χ0n) is 11.1. The minimum atomic E-state index is -4.06. The number of nitrogens with one attached hydrogen (secondary N) is 1. The van der Waals surface area contributed by atoms with E-state index in [4.69, 9.17) is 4.74 Å². The van der Waals surface area contributed by atoms with Crippen molar-refractivity contribution in [3.05, 3.63) is 0 Å². The minimum absolute atomic E-state index is 0.00708. The van der Waals surface area contributed by atoms with Crippen LogP contribution in [0.15, 0.2) is 0 Å². The van der Waals surface area contributed by atoms with Crippen LogP contribution in [0.3, 0.4) is 0 Å². The first kappa shape index (κ1) is 16.7. The first-order valence-electron chi connectivity index (χ1n) is 6.14. The minimum Gasteiger partial charge on any atom is -0.380 e. The van der Waals surface area contributed by atoms with E-state index in [0.717, 1.165) is 6.54 Å². The Morgan fingerprint density at radius 1 is 1.24 bits per heavy atom. The molecule has 17 heavy (non-hydrogen) atoms. The zero-order chi connectivity index (χ0) is 13.5. The number of ether oxygens (including phenoxy) is 1. The summed E-state index contributed by atoms with van der Waals surface area (Å²) in [5.74, 6) is 0.287. The molecular formula is C12H24F3NO. The fraction of sp³-hybridized carbons (Fsp3) is 1.00. The van der Waals surface area contributed by atoms with Gasteiger partial charge in [0.1, 0.15) is 0 Å². The molecule has 0 saturated carbocycles. The quantitative estimate of drug-likeness (QED) is 0.718. The SMILES string of the molecule is CCNC(CCCC(F)(F)F)C(OC)C(C)C. The molecule has 0 aliphatic heterocycles. The number of alkyl halides is 3. The van der Waals surface area contributed by atoms with Crippen LogP contribution in [-0.2, 0) is 4.74 Å². The predicted octanol–water partition coefficient (Wildman–Crippen LogP) is 3.37. The summed E-state index contributed by atoms with van der Waals surface area (Å²) in [6, 6.07) is -0.00708. The van der Waals surface area contributed by atoms with Gasteiger partial charge < -0.3 is 10.1 Å². The molecule has 0 aliphatic rings. The van der Waals surface area contributed by atoms with Crippen LogP contribution < -0.4 is 5.32 Å². The van der Waals surface area contributed by atoms with Crippen LogP contribution in [0.2, 0.25) is 0 Å². The highest BCUT2D eigenvalue weighted by atomic mass is 19.4. The third-order valence-corrected chi connectivity index (χ3v) is 2.77. The fourth-order valence-electron chi connectivity index (χ4n) is 2.07. The van der Waals surface area contributed by atoms with Crippen LogP contribution in [0.4, 0.5) is 13.2 Å². The van der Waals surface area contributed by atoms with Crippen molar-refractivity contribution in [3.8, 4) is 0 Å². The normalized spacial score (nSPS) is 16.2. The zero-order valence-corrected chi connectivity index (χ0v) is 11.1. The lowest BCUT2D eigenvalue weighted by Crippen LogP contribution is -2.43. The van der Waals surface area contributed by atoms with E-state index < -0.39 is 12.6 Å². The molecule has 0 heterocycles. The van der Waals surface area contributed by atoms with E-state index >= 15 is 0 Å². The van der Waals surface area contributed by atoms with Gasteiger partial charge in [-0.1, -0.05) is 20.8 Å². The van der Waals surface area contributed by atoms with Gasteiger partial charge in [0, 0.05) is 19.6 Å². The maximum Gasteiger partial charge on any atom is 0.389 e. The van der Waals surface area contributed by atoms with Crippen molar-refractivity contribution in [1.29, 1.82) is 0 Å². The molecule has 104 valence electrons. The lowest BCUT2D eigenvalue weighted by Gasteiger charge is -2.29. The van der Waals surface area contributed by atoms with Gasteiger partial charge in [-0.3, -0.25) is 0 Å². The van der Waals surface area contributed by atoms with Crippen molar-refractivity contribution in [2.45, 2.75) is 58.4 Å². The Morgan fingerprint density at radius 3 is 2.18 bits per heavy atom. The largest absolute Gasteiger partial charge is 0.389 e. The van der Waals surface area contributed by atoms with E-state index in [1.165, 1.54) is 0 Å². The van der Waals surface area contributed by atoms with Gasteiger partial charge in [-0.25, -0.2) is 0 Å². The van der Waals surface area contributed by atoms with Gasteiger partial charge in [0.25, 0.3) is 0 Å². The van der Waals surface area contributed by atoms with Crippen LogP contribution in [0.1, 0.15) is 40.0 Å². The van der Waals surface area contributed by atoms with Crippen LogP contribution in [0, 0.1) is 5.92 Å². The van der Waals surface area contributed by atoms with E-state index in [9.17, 15) is 13.2 Å². The van der Waals surface area contributed by atoms with E-state index in [1.807, 2.05) is 20.8 Å². The molecule has 0 aromatic heterocycles. The van der Waals surface area contributed by atoms with Gasteiger partial charge in [-0.15, -0.1) is 0 Å². The molecule has 1 N–H and O–H groups in total. The molecule has 0 rings (SSSR count). The van der Waals surface area contributed by atoms with Crippen LogP contribution in [-0.4, -0.2) is 32.0 Å². The van der Waals surface area contributed by atoms with Crippen molar-refractivity contribution in [1.82, 2.24) is 5.32 Å². The molecule has 0 bridgehead atoms. The molecule has 0 aromatic rings. The summed E-state index contributed by atoms with van der Waals surface area (Å²) in [5.41, 5.74) is 0. The molecule has 0 amide bonds. The van der Waals surface area contributed by atoms with Gasteiger partial charge in [0.2, 0.25) is 0 Å². The number of hydrogen-bond acceptors (Lipinski definition) is 2. The van der Waals surface area contributed by atoms with Crippen molar-refractivity contribution < 1.29 is 17.9 Å². The van der Waals surface area contributed by atoms with Crippen molar-refractivity contribution in [3.63, 3.8) is 0 Å². The van der Waals surface area contributed by atoms with Gasteiger partial charge in [0.05, 0.1) is 6.10 Å².